The van der Waals surface area contributed by atoms with Crippen LogP contribution in [0.3, 0.4) is 0 Å². The van der Waals surface area contributed by atoms with Gasteiger partial charge in [0.05, 0.1) is 0 Å². The average Bonchev–Trinajstić information content (AvgIpc) is 2.39. The number of amides is 1. The average molecular weight is 262 g/mol. The Hall–Kier alpha value is -1.75. The van der Waals surface area contributed by atoms with Gasteiger partial charge in [-0.25, -0.2) is 0 Å². The van der Waals surface area contributed by atoms with E-state index in [-0.39, 0.29) is 11.9 Å². The van der Waals surface area contributed by atoms with Crippen LogP contribution in [-0.2, 0) is 4.79 Å². The molecule has 1 atom stereocenters. The van der Waals surface area contributed by atoms with Gasteiger partial charge in [0.25, 0.3) is 0 Å². The van der Waals surface area contributed by atoms with Crippen LogP contribution >= 0.6 is 0 Å². The van der Waals surface area contributed by atoms with Crippen molar-refractivity contribution in [3.63, 3.8) is 0 Å². The Labute approximate surface area is 114 Å². The van der Waals surface area contributed by atoms with E-state index in [0.717, 1.165) is 31.0 Å². The number of nitrogens with zero attached hydrogens (tertiary/aromatic N) is 3. The summed E-state index contributed by atoms with van der Waals surface area (Å²) in [5.41, 5.74) is 7.59. The van der Waals surface area contributed by atoms with Crippen molar-refractivity contribution in [1.82, 2.24) is 9.80 Å². The van der Waals surface area contributed by atoms with Crippen LogP contribution in [0.4, 0.5) is 11.4 Å². The number of hydrogen-bond donors (Lipinski definition) is 1. The lowest BCUT2D eigenvalue weighted by molar-refractivity contribution is -0.134. The molecule has 1 aliphatic heterocycles. The Bertz CT molecular complexity index is 443. The summed E-state index contributed by atoms with van der Waals surface area (Å²) in [6, 6.07) is 7.74. The van der Waals surface area contributed by atoms with E-state index in [0.29, 0.717) is 0 Å². The van der Waals surface area contributed by atoms with Crippen LogP contribution in [0, 0.1) is 0 Å². The molecule has 5 heteroatoms. The molecule has 2 N–H and O–H groups in total. The highest BCUT2D eigenvalue weighted by Crippen LogP contribution is 2.20. The molecule has 1 saturated heterocycles. The summed E-state index contributed by atoms with van der Waals surface area (Å²) < 4.78 is 0. The van der Waals surface area contributed by atoms with Crippen LogP contribution in [0.5, 0.6) is 0 Å². The maximum Gasteiger partial charge on any atom is 0.241 e. The van der Waals surface area contributed by atoms with Gasteiger partial charge < -0.3 is 15.5 Å². The highest BCUT2D eigenvalue weighted by Gasteiger charge is 2.30. The van der Waals surface area contributed by atoms with E-state index < -0.39 is 0 Å². The molecule has 19 heavy (non-hydrogen) atoms. The summed E-state index contributed by atoms with van der Waals surface area (Å²) in [6.07, 6.45) is 0. The molecule has 2 rings (SSSR count). The van der Waals surface area contributed by atoms with Crippen LogP contribution in [0.2, 0.25) is 0 Å². The normalized spacial score (nSPS) is 20.4. The van der Waals surface area contributed by atoms with Crippen molar-refractivity contribution in [2.75, 3.05) is 51.4 Å². The number of piperazine rings is 1. The number of carbonyl (C=O) groups is 1. The third-order valence-electron chi connectivity index (χ3n) is 3.63. The van der Waals surface area contributed by atoms with Gasteiger partial charge in [0.2, 0.25) is 5.91 Å². The Morgan fingerprint density at radius 3 is 2.47 bits per heavy atom. The predicted octanol–water partition coefficient (Wildman–Crippen LogP) is 0.477. The molecule has 0 saturated carbocycles. The molecule has 0 bridgehead atoms. The lowest BCUT2D eigenvalue weighted by Gasteiger charge is -2.40. The van der Waals surface area contributed by atoms with Crippen molar-refractivity contribution in [2.45, 2.75) is 6.04 Å². The molecular formula is C14H22N4O. The third kappa shape index (κ3) is 2.98. The molecule has 1 aliphatic rings. The van der Waals surface area contributed by atoms with Crippen LogP contribution in [0.25, 0.3) is 0 Å². The van der Waals surface area contributed by atoms with Crippen molar-refractivity contribution in [3.05, 3.63) is 24.3 Å². The molecule has 0 aromatic heterocycles. The van der Waals surface area contributed by atoms with Crippen molar-refractivity contribution in [1.29, 1.82) is 0 Å². The molecular weight excluding hydrogens is 240 g/mol. The summed E-state index contributed by atoms with van der Waals surface area (Å²) in [7, 11) is 5.61. The second-order valence-electron chi connectivity index (χ2n) is 5.27. The monoisotopic (exact) mass is 262 g/mol. The van der Waals surface area contributed by atoms with Gasteiger partial charge in [0.15, 0.2) is 0 Å². The lowest BCUT2D eigenvalue weighted by atomic mass is 10.1. The minimum absolute atomic E-state index is 0.0821. The molecule has 1 unspecified atom stereocenters. The Morgan fingerprint density at radius 1 is 1.26 bits per heavy atom. The van der Waals surface area contributed by atoms with Gasteiger partial charge in [-0.3, -0.25) is 9.69 Å². The fraction of sp³-hybridized carbons (Fsp3) is 0.500. The first kappa shape index (κ1) is 13.7. The molecule has 0 spiro atoms. The number of nitrogens with two attached hydrogens (primary N) is 1. The summed E-state index contributed by atoms with van der Waals surface area (Å²) in [6.45, 7) is 2.53. The van der Waals surface area contributed by atoms with Crippen molar-refractivity contribution in [3.8, 4) is 0 Å². The number of carbonyl (C=O) groups excluding carboxylic acids is 1. The fourth-order valence-electron chi connectivity index (χ4n) is 2.36. The minimum Gasteiger partial charge on any atom is -0.399 e. The quantitative estimate of drug-likeness (QED) is 0.788. The highest BCUT2D eigenvalue weighted by molar-refractivity contribution is 5.82. The van der Waals surface area contributed by atoms with E-state index in [4.69, 9.17) is 5.73 Å². The summed E-state index contributed by atoms with van der Waals surface area (Å²) >= 11 is 0. The first-order valence-corrected chi connectivity index (χ1v) is 6.51. The second kappa shape index (κ2) is 5.48. The third-order valence-corrected chi connectivity index (χ3v) is 3.63. The molecule has 104 valence electrons. The zero-order valence-corrected chi connectivity index (χ0v) is 11.8. The molecule has 1 aromatic rings. The molecule has 1 heterocycles. The Balaban J connectivity index is 2.12. The van der Waals surface area contributed by atoms with Crippen LogP contribution in [0.15, 0.2) is 24.3 Å². The molecule has 1 fully saturated rings. The zero-order chi connectivity index (χ0) is 14.0. The standard InChI is InChI=1S/C14H22N4O/c1-16(2)14(19)13-10-18(9-8-17(13)3)12-6-4-11(15)5-7-12/h4-7,13H,8-10,15H2,1-3H3. The van der Waals surface area contributed by atoms with Crippen molar-refractivity contribution >= 4 is 17.3 Å². The number of hydrogen-bond acceptors (Lipinski definition) is 4. The molecule has 0 aliphatic carbocycles. The number of likely N-dealkylation sites (N-methyl/N-ethyl adjacent to an activating group) is 2. The summed E-state index contributed by atoms with van der Waals surface area (Å²) in [4.78, 5) is 18.2. The van der Waals surface area contributed by atoms with Gasteiger partial charge in [-0.05, 0) is 31.3 Å². The van der Waals surface area contributed by atoms with Gasteiger partial charge >= 0.3 is 0 Å². The summed E-state index contributed by atoms with van der Waals surface area (Å²) in [5, 5.41) is 0. The minimum atomic E-state index is -0.0821. The maximum absolute atomic E-state index is 12.2. The smallest absolute Gasteiger partial charge is 0.241 e. The zero-order valence-electron chi connectivity index (χ0n) is 11.8. The fourth-order valence-corrected chi connectivity index (χ4v) is 2.36. The SMILES string of the molecule is CN(C)C(=O)C1CN(c2ccc(N)cc2)CCN1C. The van der Waals surface area contributed by atoms with E-state index in [9.17, 15) is 4.79 Å². The van der Waals surface area contributed by atoms with Crippen LogP contribution in [-0.4, -0.2) is 62.5 Å². The van der Waals surface area contributed by atoms with Crippen molar-refractivity contribution < 1.29 is 4.79 Å². The first-order valence-electron chi connectivity index (χ1n) is 6.51. The Morgan fingerprint density at radius 2 is 1.89 bits per heavy atom. The topological polar surface area (TPSA) is 52.8 Å². The molecule has 1 amide bonds. The van der Waals surface area contributed by atoms with E-state index in [1.807, 2.05) is 31.3 Å². The maximum atomic E-state index is 12.2. The second-order valence-corrected chi connectivity index (χ2v) is 5.27. The van der Waals surface area contributed by atoms with E-state index in [1.54, 1.807) is 19.0 Å². The number of benzene rings is 1. The van der Waals surface area contributed by atoms with E-state index in [2.05, 4.69) is 9.80 Å². The van der Waals surface area contributed by atoms with Crippen LogP contribution < -0.4 is 10.6 Å². The van der Waals surface area contributed by atoms with Gasteiger partial charge in [-0.15, -0.1) is 0 Å². The van der Waals surface area contributed by atoms with Crippen molar-refractivity contribution in [2.24, 2.45) is 0 Å². The van der Waals surface area contributed by atoms with Gasteiger partial charge in [0, 0.05) is 45.1 Å². The number of rotatable bonds is 2. The van der Waals surface area contributed by atoms with Crippen LogP contribution in [0.1, 0.15) is 0 Å². The highest BCUT2D eigenvalue weighted by atomic mass is 16.2. The Kier molecular flexibility index (Phi) is 3.95. The molecule has 5 nitrogen and oxygen atoms in total. The lowest BCUT2D eigenvalue weighted by Crippen LogP contribution is -2.57. The van der Waals surface area contributed by atoms with Gasteiger partial charge in [0.1, 0.15) is 6.04 Å². The van der Waals surface area contributed by atoms with E-state index in [1.165, 1.54) is 0 Å². The predicted molar refractivity (Wildman–Crippen MR) is 78.2 cm³/mol. The summed E-state index contributed by atoms with van der Waals surface area (Å²) in [5.74, 6) is 0.155. The first-order chi connectivity index (χ1) is 8.99. The van der Waals surface area contributed by atoms with Gasteiger partial charge in [-0.1, -0.05) is 0 Å². The van der Waals surface area contributed by atoms with E-state index >= 15 is 0 Å². The largest absolute Gasteiger partial charge is 0.399 e. The molecule has 1 aromatic carbocycles. The molecule has 0 radical (unpaired) electrons. The van der Waals surface area contributed by atoms with Gasteiger partial charge in [-0.2, -0.15) is 0 Å². The number of anilines is 2. The number of nitrogen functional groups attached to an aromatic ring is 1.